The lowest BCUT2D eigenvalue weighted by molar-refractivity contribution is -0.319. The van der Waals surface area contributed by atoms with Crippen LogP contribution in [-0.4, -0.2) is 60.7 Å². The summed E-state index contributed by atoms with van der Waals surface area (Å²) in [6, 6.07) is 0. The molecule has 0 aromatic rings. The number of ether oxygens (including phenoxy) is 1. The average Bonchev–Trinajstić information content (AvgIpc) is 3.07. The van der Waals surface area contributed by atoms with Gasteiger partial charge in [-0.05, 0) is 33.6 Å². The minimum absolute atomic E-state index is 0.0717. The molecule has 2 fully saturated rings. The summed E-state index contributed by atoms with van der Waals surface area (Å²) in [7, 11) is -3.56. The summed E-state index contributed by atoms with van der Waals surface area (Å²) in [5.41, 5.74) is -3.71. The van der Waals surface area contributed by atoms with E-state index in [1.807, 2.05) is 0 Å². The van der Waals surface area contributed by atoms with Crippen molar-refractivity contribution in [1.29, 1.82) is 0 Å². The van der Waals surface area contributed by atoms with Gasteiger partial charge in [-0.3, -0.25) is 4.79 Å². The van der Waals surface area contributed by atoms with Gasteiger partial charge in [0.05, 0.1) is 17.4 Å². The van der Waals surface area contributed by atoms with E-state index in [-0.39, 0.29) is 6.54 Å². The Kier molecular flexibility index (Phi) is 4.05. The summed E-state index contributed by atoms with van der Waals surface area (Å²) >= 11 is 0. The maximum atomic E-state index is 13.2. The molecule has 1 atom stereocenters. The zero-order valence-electron chi connectivity index (χ0n) is 12.7. The number of rotatable bonds is 3. The Morgan fingerprint density at radius 2 is 1.77 bits per heavy atom. The third-order valence-corrected chi connectivity index (χ3v) is 6.01. The van der Waals surface area contributed by atoms with E-state index >= 15 is 0 Å². The molecule has 0 aromatic heterocycles. The second-order valence-electron chi connectivity index (χ2n) is 6.85. The van der Waals surface area contributed by atoms with Crippen LogP contribution in [0.1, 0.15) is 33.6 Å². The van der Waals surface area contributed by atoms with Crippen LogP contribution in [0, 0.1) is 0 Å². The first-order valence-corrected chi connectivity index (χ1v) is 8.74. The summed E-state index contributed by atoms with van der Waals surface area (Å²) in [4.78, 5) is 13.1. The van der Waals surface area contributed by atoms with Crippen LogP contribution in [0.25, 0.3) is 0 Å². The number of sulfone groups is 1. The predicted molar refractivity (Wildman–Crippen MR) is 73.0 cm³/mol. The summed E-state index contributed by atoms with van der Waals surface area (Å²) in [6.07, 6.45) is -3.62. The number of hydrogen-bond acceptors (Lipinski definition) is 4. The highest BCUT2D eigenvalue weighted by Crippen LogP contribution is 2.40. The van der Waals surface area contributed by atoms with Gasteiger partial charge in [0.2, 0.25) is 5.91 Å². The van der Waals surface area contributed by atoms with E-state index in [1.54, 1.807) is 0 Å². The number of alkyl halides is 3. The Morgan fingerprint density at radius 3 is 2.23 bits per heavy atom. The second kappa shape index (κ2) is 5.09. The first-order valence-electron chi connectivity index (χ1n) is 7.02. The number of morpholine rings is 1. The largest absolute Gasteiger partial charge is 0.418 e. The Morgan fingerprint density at radius 1 is 1.23 bits per heavy atom. The lowest BCUT2D eigenvalue weighted by Gasteiger charge is -2.48. The van der Waals surface area contributed by atoms with E-state index in [1.165, 1.54) is 13.8 Å². The first-order chi connectivity index (χ1) is 9.76. The molecule has 1 unspecified atom stereocenters. The normalized spacial score (nSPS) is 29.5. The molecule has 1 heterocycles. The van der Waals surface area contributed by atoms with Gasteiger partial charge in [0.15, 0.2) is 15.4 Å². The van der Waals surface area contributed by atoms with Crippen molar-refractivity contribution in [3.8, 4) is 0 Å². The van der Waals surface area contributed by atoms with Crippen molar-refractivity contribution < 1.29 is 31.1 Å². The first kappa shape index (κ1) is 17.5. The van der Waals surface area contributed by atoms with E-state index in [0.29, 0.717) is 12.8 Å². The van der Waals surface area contributed by atoms with Crippen LogP contribution in [0.5, 0.6) is 0 Å². The molecule has 1 saturated carbocycles. The Bertz CT molecular complexity index is 568. The van der Waals surface area contributed by atoms with Crippen molar-refractivity contribution in [2.45, 2.75) is 56.2 Å². The van der Waals surface area contributed by atoms with Crippen LogP contribution in [0.15, 0.2) is 0 Å². The molecule has 0 N–H and O–H groups in total. The fourth-order valence-corrected chi connectivity index (χ4v) is 4.30. The minimum Gasteiger partial charge on any atom is -0.356 e. The fraction of sp³-hybridized carbons (Fsp3) is 0.923. The van der Waals surface area contributed by atoms with Gasteiger partial charge in [0, 0.05) is 6.54 Å². The summed E-state index contributed by atoms with van der Waals surface area (Å²) in [5, 5.41) is -0.514. The van der Waals surface area contributed by atoms with Gasteiger partial charge in [-0.15, -0.1) is 0 Å². The molecule has 1 amide bonds. The van der Waals surface area contributed by atoms with E-state index in [2.05, 4.69) is 0 Å². The highest BCUT2D eigenvalue weighted by atomic mass is 32.2. The van der Waals surface area contributed by atoms with Crippen LogP contribution in [0.4, 0.5) is 13.2 Å². The lowest BCUT2D eigenvalue weighted by Crippen LogP contribution is -2.65. The zero-order valence-corrected chi connectivity index (χ0v) is 13.6. The number of carbonyl (C=O) groups is 1. The molecule has 0 radical (unpaired) electrons. The SMILES string of the molecule is CC1(C)CN(C(=O)CS(=O)(=O)C2CC2)CC(C)(C(F)(F)F)O1. The molecular weight excluding hydrogens is 323 g/mol. The van der Waals surface area contributed by atoms with E-state index < -0.39 is 50.7 Å². The van der Waals surface area contributed by atoms with Gasteiger partial charge in [0.1, 0.15) is 5.75 Å². The van der Waals surface area contributed by atoms with Crippen LogP contribution in [0.3, 0.4) is 0 Å². The van der Waals surface area contributed by atoms with E-state index in [9.17, 15) is 26.4 Å². The van der Waals surface area contributed by atoms with Gasteiger partial charge < -0.3 is 9.64 Å². The summed E-state index contributed by atoms with van der Waals surface area (Å²) < 4.78 is 68.5. The van der Waals surface area contributed by atoms with Crippen molar-refractivity contribution in [2.75, 3.05) is 18.8 Å². The highest BCUT2D eigenvalue weighted by Gasteiger charge is 2.59. The standard InChI is InChI=1S/C13H20F3NO4S/c1-11(2)7-17(8-12(3,21-11)13(14,15)16)10(18)6-22(19,20)9-4-5-9/h9H,4-8H2,1-3H3. The molecule has 2 aliphatic rings. The van der Waals surface area contributed by atoms with E-state index in [4.69, 9.17) is 4.74 Å². The zero-order chi connectivity index (χ0) is 17.0. The monoisotopic (exact) mass is 343 g/mol. The topological polar surface area (TPSA) is 63.7 Å². The number of amides is 1. The number of carbonyl (C=O) groups excluding carboxylic acids is 1. The molecule has 1 aliphatic heterocycles. The van der Waals surface area contributed by atoms with Crippen molar-refractivity contribution >= 4 is 15.7 Å². The number of hydrogen-bond donors (Lipinski definition) is 0. The highest BCUT2D eigenvalue weighted by molar-refractivity contribution is 7.93. The van der Waals surface area contributed by atoms with Crippen LogP contribution in [-0.2, 0) is 19.4 Å². The Balaban J connectivity index is 2.18. The Labute approximate surface area is 127 Å². The average molecular weight is 343 g/mol. The summed E-state index contributed by atoms with van der Waals surface area (Å²) in [6.45, 7) is 3.01. The molecule has 0 aromatic carbocycles. The third-order valence-electron chi connectivity index (χ3n) is 3.88. The minimum atomic E-state index is -4.65. The molecule has 2 rings (SSSR count). The van der Waals surface area contributed by atoms with Gasteiger partial charge in [0.25, 0.3) is 0 Å². The van der Waals surface area contributed by atoms with E-state index in [0.717, 1.165) is 11.8 Å². The van der Waals surface area contributed by atoms with Gasteiger partial charge in [-0.25, -0.2) is 8.42 Å². The molecule has 5 nitrogen and oxygen atoms in total. The lowest BCUT2D eigenvalue weighted by atomic mass is 9.96. The molecule has 1 aliphatic carbocycles. The molecule has 9 heteroatoms. The maximum absolute atomic E-state index is 13.2. The van der Waals surface area contributed by atoms with Crippen molar-refractivity contribution in [3.05, 3.63) is 0 Å². The van der Waals surface area contributed by atoms with Gasteiger partial charge in [-0.2, -0.15) is 13.2 Å². The number of halogens is 3. The second-order valence-corrected chi connectivity index (χ2v) is 9.13. The van der Waals surface area contributed by atoms with Crippen LogP contribution >= 0.6 is 0 Å². The number of nitrogens with zero attached hydrogens (tertiary/aromatic N) is 1. The summed E-state index contributed by atoms with van der Waals surface area (Å²) in [5.74, 6) is -1.53. The molecule has 128 valence electrons. The molecule has 1 saturated heterocycles. The van der Waals surface area contributed by atoms with Crippen LogP contribution in [0.2, 0.25) is 0 Å². The predicted octanol–water partition coefficient (Wildman–Crippen LogP) is 1.52. The van der Waals surface area contributed by atoms with Crippen molar-refractivity contribution in [3.63, 3.8) is 0 Å². The van der Waals surface area contributed by atoms with Gasteiger partial charge in [-0.1, -0.05) is 0 Å². The third kappa shape index (κ3) is 3.56. The molecule has 0 bridgehead atoms. The quantitative estimate of drug-likeness (QED) is 0.779. The van der Waals surface area contributed by atoms with Crippen LogP contribution < -0.4 is 0 Å². The van der Waals surface area contributed by atoms with Crippen molar-refractivity contribution in [2.24, 2.45) is 0 Å². The fourth-order valence-electron chi connectivity index (χ4n) is 2.69. The maximum Gasteiger partial charge on any atom is 0.418 e. The van der Waals surface area contributed by atoms with Gasteiger partial charge >= 0.3 is 6.18 Å². The Hall–Kier alpha value is -0.830. The smallest absolute Gasteiger partial charge is 0.356 e. The van der Waals surface area contributed by atoms with Crippen molar-refractivity contribution in [1.82, 2.24) is 4.90 Å². The molecule has 22 heavy (non-hydrogen) atoms. The molecule has 0 spiro atoms. The molecular formula is C13H20F3NO4S.